The number of rotatable bonds is 7. The van der Waals surface area contributed by atoms with E-state index >= 15 is 0 Å². The standard InChI is InChI=1S/C19H27N3O2/c1-14-16(19(23)4-3-11-24-2)5-6-18-17(14)13-22(21-18)12-15-7-9-20-10-8-15/h5-6,13,15,20H,3-4,7-12H2,1-2H3/i2D3,3D2,11D2. The van der Waals surface area contributed by atoms with Crippen molar-refractivity contribution in [1.82, 2.24) is 15.1 Å². The Morgan fingerprint density at radius 1 is 1.50 bits per heavy atom. The number of aromatic nitrogens is 2. The third-order valence-electron chi connectivity index (χ3n) is 4.58. The van der Waals surface area contributed by atoms with Gasteiger partial charge in [-0.3, -0.25) is 9.48 Å². The average molecular weight is 336 g/mol. The molecule has 3 rings (SSSR count). The van der Waals surface area contributed by atoms with Crippen molar-refractivity contribution in [2.75, 3.05) is 26.7 Å². The third-order valence-corrected chi connectivity index (χ3v) is 4.58. The number of carbonyl (C=O) groups is 1. The largest absolute Gasteiger partial charge is 0.385 e. The lowest BCUT2D eigenvalue weighted by Gasteiger charge is -2.22. The lowest BCUT2D eigenvalue weighted by Crippen LogP contribution is -2.29. The van der Waals surface area contributed by atoms with E-state index in [0.717, 1.165) is 43.4 Å². The van der Waals surface area contributed by atoms with Crippen LogP contribution in [0.3, 0.4) is 0 Å². The lowest BCUT2D eigenvalue weighted by atomic mass is 9.98. The first-order valence-corrected chi connectivity index (χ1v) is 8.20. The Bertz CT molecular complexity index is 950. The molecule has 1 aromatic heterocycles. The number of ether oxygens (including phenoxy) is 1. The van der Waals surface area contributed by atoms with E-state index in [4.69, 9.17) is 9.60 Å². The summed E-state index contributed by atoms with van der Waals surface area (Å²) in [5, 5.41) is 8.70. The number of piperidine rings is 1. The van der Waals surface area contributed by atoms with Gasteiger partial charge in [-0.05, 0) is 62.8 Å². The molecule has 0 unspecified atom stereocenters. The van der Waals surface area contributed by atoms with Gasteiger partial charge in [0.1, 0.15) is 0 Å². The first kappa shape index (κ1) is 10.3. The summed E-state index contributed by atoms with van der Waals surface area (Å²) in [7, 11) is -3.13. The number of Topliss-reactive ketones (excluding diaryl/α,β-unsaturated/α-hetero) is 1. The molecule has 1 saturated heterocycles. The fourth-order valence-electron chi connectivity index (χ4n) is 3.25. The molecule has 0 amide bonds. The fourth-order valence-corrected chi connectivity index (χ4v) is 3.25. The van der Waals surface area contributed by atoms with Crippen LogP contribution in [0.25, 0.3) is 10.9 Å². The van der Waals surface area contributed by atoms with Crippen LogP contribution < -0.4 is 5.32 Å². The molecule has 0 saturated carbocycles. The summed E-state index contributed by atoms with van der Waals surface area (Å²) in [4.78, 5) is 12.8. The van der Waals surface area contributed by atoms with Gasteiger partial charge in [0.15, 0.2) is 5.78 Å². The maximum absolute atomic E-state index is 12.8. The zero-order valence-corrected chi connectivity index (χ0v) is 13.8. The number of carbonyl (C=O) groups excluding carboxylic acids is 1. The summed E-state index contributed by atoms with van der Waals surface area (Å²) >= 11 is 0. The minimum absolute atomic E-state index is 0.252. The van der Waals surface area contributed by atoms with Crippen LogP contribution in [-0.2, 0) is 11.3 Å². The minimum Gasteiger partial charge on any atom is -0.385 e. The van der Waals surface area contributed by atoms with E-state index in [0.29, 0.717) is 11.5 Å². The highest BCUT2D eigenvalue weighted by atomic mass is 16.5. The van der Waals surface area contributed by atoms with E-state index < -0.39 is 32.2 Å². The Morgan fingerprint density at radius 2 is 2.33 bits per heavy atom. The molecule has 130 valence electrons. The van der Waals surface area contributed by atoms with Crippen molar-refractivity contribution >= 4 is 16.7 Å². The van der Waals surface area contributed by atoms with Gasteiger partial charge >= 0.3 is 0 Å². The Balaban J connectivity index is 1.80. The summed E-state index contributed by atoms with van der Waals surface area (Å²) in [6, 6.07) is 3.25. The average Bonchev–Trinajstić information content (AvgIpc) is 3.03. The smallest absolute Gasteiger partial charge is 0.163 e. The first-order valence-electron chi connectivity index (χ1n) is 11.7. The van der Waals surface area contributed by atoms with Gasteiger partial charge in [-0.1, -0.05) is 0 Å². The van der Waals surface area contributed by atoms with Gasteiger partial charge < -0.3 is 10.1 Å². The van der Waals surface area contributed by atoms with Crippen molar-refractivity contribution in [2.45, 2.75) is 39.1 Å². The molecular weight excluding hydrogens is 302 g/mol. The van der Waals surface area contributed by atoms with Crippen LogP contribution in [0.2, 0.25) is 0 Å². The Kier molecular flexibility index (Phi) is 3.40. The molecule has 2 heterocycles. The summed E-state index contributed by atoms with van der Waals surface area (Å²) in [6.07, 6.45) is 0.350. The van der Waals surface area contributed by atoms with Crippen LogP contribution in [0.15, 0.2) is 18.3 Å². The Hall–Kier alpha value is -1.72. The number of hydrogen-bond acceptors (Lipinski definition) is 4. The normalized spacial score (nSPS) is 22.0. The molecule has 1 aliphatic heterocycles. The molecule has 0 radical (unpaired) electrons. The number of benzene rings is 1. The van der Waals surface area contributed by atoms with E-state index in [-0.39, 0.29) is 5.56 Å². The first-order chi connectivity index (χ1) is 14.3. The van der Waals surface area contributed by atoms with E-state index in [2.05, 4.69) is 15.2 Å². The molecule has 5 nitrogen and oxygen atoms in total. The van der Waals surface area contributed by atoms with Crippen molar-refractivity contribution in [3.8, 4) is 0 Å². The highest BCUT2D eigenvalue weighted by molar-refractivity contribution is 6.01. The number of hydrogen-bond donors (Lipinski definition) is 1. The van der Waals surface area contributed by atoms with Gasteiger partial charge in [0, 0.05) is 46.5 Å². The lowest BCUT2D eigenvalue weighted by molar-refractivity contribution is 0.0963. The zero-order chi connectivity index (χ0) is 23.0. The predicted molar refractivity (Wildman–Crippen MR) is 95.5 cm³/mol. The highest BCUT2D eigenvalue weighted by Crippen LogP contribution is 2.23. The number of fused-ring (bicyclic) bond motifs is 1. The summed E-state index contributed by atoms with van der Waals surface area (Å²) < 4.78 is 58.6. The maximum atomic E-state index is 12.8. The van der Waals surface area contributed by atoms with Crippen LogP contribution in [0.5, 0.6) is 0 Å². The molecule has 1 fully saturated rings. The Labute approximate surface area is 153 Å². The van der Waals surface area contributed by atoms with Crippen LogP contribution in [0, 0.1) is 12.8 Å². The molecule has 0 aliphatic carbocycles. The molecule has 0 spiro atoms. The van der Waals surface area contributed by atoms with Crippen molar-refractivity contribution in [2.24, 2.45) is 5.92 Å². The summed E-state index contributed by atoms with van der Waals surface area (Å²) in [5.74, 6) is -0.0989. The van der Waals surface area contributed by atoms with Gasteiger partial charge in [-0.2, -0.15) is 5.10 Å². The quantitative estimate of drug-likeness (QED) is 0.790. The monoisotopic (exact) mass is 336 g/mol. The van der Waals surface area contributed by atoms with Crippen LogP contribution >= 0.6 is 0 Å². The van der Waals surface area contributed by atoms with Gasteiger partial charge in [0.05, 0.1) is 12.4 Å². The number of nitrogens with one attached hydrogen (secondary N) is 1. The van der Waals surface area contributed by atoms with Crippen molar-refractivity contribution in [1.29, 1.82) is 0 Å². The number of aryl methyl sites for hydroxylation is 1. The second-order valence-corrected chi connectivity index (χ2v) is 6.20. The molecule has 0 bridgehead atoms. The SMILES string of the molecule is [2H]C([2H])([2H])OC([2H])([2H])C([2H])([2H])CC(=O)c1ccc2nn(CC3CCNCC3)cc2c1C. The second kappa shape index (κ2) is 7.90. The summed E-state index contributed by atoms with van der Waals surface area (Å²) in [5.41, 5.74) is 1.61. The molecule has 5 heteroatoms. The zero-order valence-electron chi connectivity index (χ0n) is 20.8. The van der Waals surface area contributed by atoms with Gasteiger partial charge in [-0.15, -0.1) is 0 Å². The number of ketones is 1. The molecule has 24 heavy (non-hydrogen) atoms. The van der Waals surface area contributed by atoms with Crippen molar-refractivity contribution < 1.29 is 19.1 Å². The van der Waals surface area contributed by atoms with E-state index in [1.807, 2.05) is 10.9 Å². The van der Waals surface area contributed by atoms with Crippen LogP contribution in [-0.4, -0.2) is 42.3 Å². The molecule has 1 aromatic carbocycles. The number of nitrogens with zero attached hydrogens (tertiary/aromatic N) is 2. The highest BCUT2D eigenvalue weighted by Gasteiger charge is 2.16. The topological polar surface area (TPSA) is 56.1 Å². The molecular formula is C19H27N3O2. The third kappa shape index (κ3) is 3.84. The van der Waals surface area contributed by atoms with E-state index in [1.54, 1.807) is 19.1 Å². The van der Waals surface area contributed by atoms with Crippen LogP contribution in [0.1, 0.15) is 51.2 Å². The van der Waals surface area contributed by atoms with Crippen molar-refractivity contribution in [3.63, 3.8) is 0 Å². The van der Waals surface area contributed by atoms with Crippen LogP contribution in [0.4, 0.5) is 0 Å². The molecule has 2 aromatic rings. The Morgan fingerprint density at radius 3 is 3.12 bits per heavy atom. The fraction of sp³-hybridized carbons (Fsp3) is 0.579. The molecule has 1 N–H and O–H groups in total. The van der Waals surface area contributed by atoms with Crippen molar-refractivity contribution in [3.05, 3.63) is 29.5 Å². The number of methoxy groups -OCH3 is 1. The van der Waals surface area contributed by atoms with Gasteiger partial charge in [0.2, 0.25) is 0 Å². The minimum atomic E-state index is -3.16. The molecule has 1 aliphatic rings. The second-order valence-electron chi connectivity index (χ2n) is 6.20. The van der Waals surface area contributed by atoms with E-state index in [9.17, 15) is 4.79 Å². The summed E-state index contributed by atoms with van der Waals surface area (Å²) in [6.45, 7) is 1.35. The maximum Gasteiger partial charge on any atom is 0.163 e. The predicted octanol–water partition coefficient (Wildman–Crippen LogP) is 2.95. The molecule has 0 atom stereocenters. The van der Waals surface area contributed by atoms with E-state index in [1.165, 1.54) is 0 Å². The van der Waals surface area contributed by atoms with Gasteiger partial charge in [-0.25, -0.2) is 0 Å². The van der Waals surface area contributed by atoms with Gasteiger partial charge in [0.25, 0.3) is 0 Å².